The van der Waals surface area contributed by atoms with E-state index < -0.39 is 11.7 Å². The zero-order valence-electron chi connectivity index (χ0n) is 11.8. The van der Waals surface area contributed by atoms with Gasteiger partial charge in [-0.1, -0.05) is 12.1 Å². The van der Waals surface area contributed by atoms with Gasteiger partial charge in [0.1, 0.15) is 12.4 Å². The van der Waals surface area contributed by atoms with E-state index in [4.69, 9.17) is 10.5 Å². The largest absolute Gasteiger partial charge is 0.489 e. The molecule has 0 bridgehead atoms. The lowest BCUT2D eigenvalue weighted by atomic mass is 10.1. The van der Waals surface area contributed by atoms with Crippen molar-refractivity contribution in [3.8, 4) is 5.75 Å². The van der Waals surface area contributed by atoms with Gasteiger partial charge in [0, 0.05) is 5.69 Å². The molecule has 21 heavy (non-hydrogen) atoms. The van der Waals surface area contributed by atoms with Crippen LogP contribution >= 0.6 is 0 Å². The monoisotopic (exact) mass is 295 g/mol. The molecule has 2 rings (SSSR count). The van der Waals surface area contributed by atoms with Crippen molar-refractivity contribution in [2.24, 2.45) is 0 Å². The summed E-state index contributed by atoms with van der Waals surface area (Å²) in [6.07, 6.45) is -4.34. The Hall–Kier alpha value is -2.17. The Kier molecular flexibility index (Phi) is 4.11. The number of nitrogen functional groups attached to an aromatic ring is 1. The lowest BCUT2D eigenvalue weighted by molar-refractivity contribution is -0.137. The topological polar surface area (TPSA) is 35.2 Å². The fraction of sp³-hybridized carbons (Fsp3) is 0.250. The second-order valence-corrected chi connectivity index (χ2v) is 4.96. The fourth-order valence-corrected chi connectivity index (χ4v) is 2.02. The van der Waals surface area contributed by atoms with Crippen LogP contribution in [-0.4, -0.2) is 0 Å². The molecule has 0 saturated carbocycles. The summed E-state index contributed by atoms with van der Waals surface area (Å²) in [6, 6.07) is 8.66. The predicted octanol–water partition coefficient (Wildman–Crippen LogP) is 4.48. The molecule has 0 atom stereocenters. The van der Waals surface area contributed by atoms with Gasteiger partial charge in [-0.3, -0.25) is 0 Å². The number of benzene rings is 2. The quantitative estimate of drug-likeness (QED) is 0.847. The second-order valence-electron chi connectivity index (χ2n) is 4.96. The highest BCUT2D eigenvalue weighted by atomic mass is 19.4. The van der Waals surface area contributed by atoms with Crippen LogP contribution < -0.4 is 10.5 Å². The number of alkyl halides is 3. The summed E-state index contributed by atoms with van der Waals surface area (Å²) in [5.74, 6) is 0.594. The summed E-state index contributed by atoms with van der Waals surface area (Å²) >= 11 is 0. The highest BCUT2D eigenvalue weighted by molar-refractivity contribution is 5.56. The van der Waals surface area contributed by atoms with Gasteiger partial charge in [0.2, 0.25) is 0 Å². The predicted molar refractivity (Wildman–Crippen MR) is 76.1 cm³/mol. The summed E-state index contributed by atoms with van der Waals surface area (Å²) < 4.78 is 43.4. The van der Waals surface area contributed by atoms with E-state index in [1.54, 1.807) is 18.2 Å². The maximum Gasteiger partial charge on any atom is 0.416 e. The number of rotatable bonds is 3. The van der Waals surface area contributed by atoms with E-state index >= 15 is 0 Å². The van der Waals surface area contributed by atoms with E-state index in [-0.39, 0.29) is 6.61 Å². The minimum atomic E-state index is -4.34. The minimum absolute atomic E-state index is 0.0761. The molecule has 0 amide bonds. The number of halogens is 3. The Morgan fingerprint density at radius 1 is 1.05 bits per heavy atom. The van der Waals surface area contributed by atoms with Crippen LogP contribution in [0.25, 0.3) is 0 Å². The van der Waals surface area contributed by atoms with Crippen LogP contribution in [0.3, 0.4) is 0 Å². The fourth-order valence-electron chi connectivity index (χ4n) is 2.02. The van der Waals surface area contributed by atoms with Gasteiger partial charge >= 0.3 is 6.18 Å². The number of ether oxygens (including phenoxy) is 1. The van der Waals surface area contributed by atoms with Gasteiger partial charge in [-0.2, -0.15) is 13.2 Å². The van der Waals surface area contributed by atoms with Gasteiger partial charge in [-0.05, 0) is 54.8 Å². The van der Waals surface area contributed by atoms with Crippen LogP contribution in [0.5, 0.6) is 5.75 Å². The van der Waals surface area contributed by atoms with Crippen LogP contribution in [0.2, 0.25) is 0 Å². The highest BCUT2D eigenvalue weighted by Crippen LogP contribution is 2.30. The third kappa shape index (κ3) is 3.68. The summed E-state index contributed by atoms with van der Waals surface area (Å²) in [5, 5.41) is 0. The molecule has 0 heterocycles. The maximum atomic E-state index is 12.6. The van der Waals surface area contributed by atoms with Crippen LogP contribution in [-0.2, 0) is 12.8 Å². The summed E-state index contributed by atoms with van der Waals surface area (Å²) in [7, 11) is 0. The average molecular weight is 295 g/mol. The van der Waals surface area contributed by atoms with Gasteiger partial charge in [0.05, 0.1) is 5.56 Å². The van der Waals surface area contributed by atoms with Crippen LogP contribution in [0, 0.1) is 13.8 Å². The molecular weight excluding hydrogens is 279 g/mol. The molecule has 112 valence electrons. The van der Waals surface area contributed by atoms with Gasteiger partial charge in [-0.15, -0.1) is 0 Å². The normalized spacial score (nSPS) is 11.5. The van der Waals surface area contributed by atoms with E-state index in [2.05, 4.69) is 0 Å². The highest BCUT2D eigenvalue weighted by Gasteiger charge is 2.30. The van der Waals surface area contributed by atoms with Gasteiger partial charge in [-0.25, -0.2) is 0 Å². The first-order valence-electron chi connectivity index (χ1n) is 6.43. The van der Waals surface area contributed by atoms with Gasteiger partial charge in [0.25, 0.3) is 0 Å². The van der Waals surface area contributed by atoms with E-state index in [0.29, 0.717) is 17.0 Å². The Balaban J connectivity index is 2.14. The molecular formula is C16H16F3NO. The van der Waals surface area contributed by atoms with Crippen molar-refractivity contribution in [2.45, 2.75) is 26.6 Å². The lowest BCUT2D eigenvalue weighted by Gasteiger charge is -2.12. The molecule has 2 aromatic carbocycles. The lowest BCUT2D eigenvalue weighted by Crippen LogP contribution is -2.06. The van der Waals surface area contributed by atoms with Crippen molar-refractivity contribution < 1.29 is 17.9 Å². The van der Waals surface area contributed by atoms with Crippen LogP contribution in [0.15, 0.2) is 36.4 Å². The summed E-state index contributed by atoms with van der Waals surface area (Å²) in [6.45, 7) is 3.80. The SMILES string of the molecule is Cc1cc(OCc2cccc(C(F)(F)F)c2)cc(C)c1N. The van der Waals surface area contributed by atoms with E-state index in [9.17, 15) is 13.2 Å². The summed E-state index contributed by atoms with van der Waals surface area (Å²) in [5.41, 5.74) is 8.10. The average Bonchev–Trinajstić information content (AvgIpc) is 2.42. The number of hydrogen-bond acceptors (Lipinski definition) is 2. The van der Waals surface area contributed by atoms with Crippen molar-refractivity contribution >= 4 is 5.69 Å². The first-order chi connectivity index (χ1) is 9.77. The number of aryl methyl sites for hydroxylation is 2. The van der Waals surface area contributed by atoms with Crippen molar-refractivity contribution in [1.82, 2.24) is 0 Å². The third-order valence-electron chi connectivity index (χ3n) is 3.23. The molecule has 2 N–H and O–H groups in total. The molecule has 0 fully saturated rings. The van der Waals surface area contributed by atoms with E-state index in [1.165, 1.54) is 6.07 Å². The van der Waals surface area contributed by atoms with Crippen molar-refractivity contribution in [3.63, 3.8) is 0 Å². The Bertz CT molecular complexity index is 627. The maximum absolute atomic E-state index is 12.6. The second kappa shape index (κ2) is 5.68. The molecule has 0 radical (unpaired) electrons. The molecule has 0 spiro atoms. The van der Waals surface area contributed by atoms with Crippen molar-refractivity contribution in [2.75, 3.05) is 5.73 Å². The number of hydrogen-bond donors (Lipinski definition) is 1. The number of anilines is 1. The Labute approximate surface area is 121 Å². The molecule has 0 aliphatic heterocycles. The number of nitrogens with two attached hydrogens (primary N) is 1. The van der Waals surface area contributed by atoms with Gasteiger partial charge < -0.3 is 10.5 Å². The zero-order chi connectivity index (χ0) is 15.6. The molecule has 0 aliphatic rings. The molecule has 0 unspecified atom stereocenters. The third-order valence-corrected chi connectivity index (χ3v) is 3.23. The molecule has 2 aromatic rings. The molecule has 0 aliphatic carbocycles. The molecule has 0 aromatic heterocycles. The van der Waals surface area contributed by atoms with Gasteiger partial charge in [0.15, 0.2) is 0 Å². The molecule has 2 nitrogen and oxygen atoms in total. The minimum Gasteiger partial charge on any atom is -0.489 e. The first kappa shape index (κ1) is 15.2. The van der Waals surface area contributed by atoms with Crippen molar-refractivity contribution in [1.29, 1.82) is 0 Å². The standard InChI is InChI=1S/C16H16F3NO/c1-10-6-14(7-11(2)15(10)20)21-9-12-4-3-5-13(8-12)16(17,18)19/h3-8H,9,20H2,1-2H3. The Morgan fingerprint density at radius 3 is 2.24 bits per heavy atom. The van der Waals surface area contributed by atoms with Crippen LogP contribution in [0.4, 0.5) is 18.9 Å². The van der Waals surface area contributed by atoms with Crippen molar-refractivity contribution in [3.05, 3.63) is 58.7 Å². The Morgan fingerprint density at radius 2 is 1.67 bits per heavy atom. The van der Waals surface area contributed by atoms with E-state index in [1.807, 2.05) is 13.8 Å². The summed E-state index contributed by atoms with van der Waals surface area (Å²) in [4.78, 5) is 0. The molecule has 0 saturated heterocycles. The molecule has 5 heteroatoms. The van der Waals surface area contributed by atoms with E-state index in [0.717, 1.165) is 23.3 Å². The zero-order valence-corrected chi connectivity index (χ0v) is 11.8. The van der Waals surface area contributed by atoms with Crippen LogP contribution in [0.1, 0.15) is 22.3 Å². The smallest absolute Gasteiger partial charge is 0.416 e. The first-order valence-corrected chi connectivity index (χ1v) is 6.43.